The van der Waals surface area contributed by atoms with Crippen molar-refractivity contribution in [2.45, 2.75) is 33.6 Å². The normalized spacial score (nSPS) is 21.3. The van der Waals surface area contributed by atoms with Gasteiger partial charge in [0.15, 0.2) is 0 Å². The lowest BCUT2D eigenvalue weighted by Gasteiger charge is -2.35. The number of nitrogens with zero attached hydrogens (tertiary/aromatic N) is 2. The lowest BCUT2D eigenvalue weighted by Crippen LogP contribution is -2.39. The minimum atomic E-state index is -0.313. The number of anilines is 1. The summed E-state index contributed by atoms with van der Waals surface area (Å²) in [5.74, 6) is 1.84. The van der Waals surface area contributed by atoms with E-state index in [4.69, 9.17) is 9.47 Å². The second-order valence-electron chi connectivity index (χ2n) is 6.50. The zero-order chi connectivity index (χ0) is 16.7. The van der Waals surface area contributed by atoms with E-state index in [1.165, 1.54) is 6.42 Å². The molecule has 5 heteroatoms. The molecule has 0 aliphatic carbocycles. The predicted molar refractivity (Wildman–Crippen MR) is 90.8 cm³/mol. The molecular formula is C18H28N2O3. The highest BCUT2D eigenvalue weighted by Gasteiger charge is 2.23. The number of ether oxygens (including phenoxy) is 2. The van der Waals surface area contributed by atoms with Gasteiger partial charge in [0.05, 0.1) is 12.2 Å². The third-order valence-electron chi connectivity index (χ3n) is 3.98. The van der Waals surface area contributed by atoms with Crippen LogP contribution < -0.4 is 4.90 Å². The van der Waals surface area contributed by atoms with Crippen molar-refractivity contribution < 1.29 is 14.3 Å². The summed E-state index contributed by atoms with van der Waals surface area (Å²) < 4.78 is 10.6. The summed E-state index contributed by atoms with van der Waals surface area (Å²) in [4.78, 5) is 18.8. The van der Waals surface area contributed by atoms with Crippen LogP contribution in [0.15, 0.2) is 18.3 Å². The van der Waals surface area contributed by atoms with E-state index in [2.05, 4.69) is 23.7 Å². The Bertz CT molecular complexity index is 497. The molecule has 2 rings (SSSR count). The molecule has 2 heterocycles. The van der Waals surface area contributed by atoms with Crippen LogP contribution in [0.5, 0.6) is 0 Å². The monoisotopic (exact) mass is 320 g/mol. The van der Waals surface area contributed by atoms with Gasteiger partial charge in [0.25, 0.3) is 0 Å². The Balaban J connectivity index is 1.92. The highest BCUT2D eigenvalue weighted by Crippen LogP contribution is 2.25. The predicted octanol–water partition coefficient (Wildman–Crippen LogP) is 3.15. The van der Waals surface area contributed by atoms with Crippen molar-refractivity contribution in [1.82, 2.24) is 4.98 Å². The minimum absolute atomic E-state index is 0.286. The fourth-order valence-electron chi connectivity index (χ4n) is 3.09. The van der Waals surface area contributed by atoms with Gasteiger partial charge in [-0.2, -0.15) is 0 Å². The number of carbonyl (C=O) groups is 1. The molecule has 2 unspecified atom stereocenters. The van der Waals surface area contributed by atoms with Crippen LogP contribution in [0.1, 0.15) is 44.0 Å². The maximum absolute atomic E-state index is 12.1. The molecule has 5 nitrogen and oxygen atoms in total. The van der Waals surface area contributed by atoms with E-state index in [0.29, 0.717) is 30.6 Å². The van der Waals surface area contributed by atoms with E-state index in [1.54, 1.807) is 12.3 Å². The van der Waals surface area contributed by atoms with Gasteiger partial charge in [-0.15, -0.1) is 0 Å². The number of carbonyl (C=O) groups excluding carboxylic acids is 1. The molecule has 0 N–H and O–H groups in total. The van der Waals surface area contributed by atoms with Crippen molar-refractivity contribution in [1.29, 1.82) is 0 Å². The van der Waals surface area contributed by atoms with Gasteiger partial charge in [-0.25, -0.2) is 9.78 Å². The lowest BCUT2D eigenvalue weighted by atomic mass is 9.92. The Morgan fingerprint density at radius 2 is 2.00 bits per heavy atom. The van der Waals surface area contributed by atoms with Gasteiger partial charge >= 0.3 is 5.97 Å². The molecule has 2 atom stereocenters. The molecule has 0 spiro atoms. The molecule has 0 radical (unpaired) electrons. The summed E-state index contributed by atoms with van der Waals surface area (Å²) in [5.41, 5.74) is 0.552. The maximum atomic E-state index is 12.1. The van der Waals surface area contributed by atoms with Gasteiger partial charge in [0.2, 0.25) is 0 Å². The SMILES string of the molecule is CCCOCCOC(=O)c1ccnc(N2CC(C)CC(C)C2)c1. The Morgan fingerprint density at radius 3 is 2.70 bits per heavy atom. The fraction of sp³-hybridized carbons (Fsp3) is 0.667. The second-order valence-corrected chi connectivity index (χ2v) is 6.50. The molecule has 1 aromatic rings. The van der Waals surface area contributed by atoms with Crippen LogP contribution in [0.3, 0.4) is 0 Å². The van der Waals surface area contributed by atoms with Gasteiger partial charge in [-0.05, 0) is 36.8 Å². The number of aromatic nitrogens is 1. The molecule has 0 aromatic carbocycles. The van der Waals surface area contributed by atoms with Gasteiger partial charge in [0.1, 0.15) is 12.4 Å². The largest absolute Gasteiger partial charge is 0.460 e. The van der Waals surface area contributed by atoms with Gasteiger partial charge in [-0.3, -0.25) is 0 Å². The Hall–Kier alpha value is -1.62. The topological polar surface area (TPSA) is 51.7 Å². The fourth-order valence-corrected chi connectivity index (χ4v) is 3.09. The van der Waals surface area contributed by atoms with Crippen LogP contribution >= 0.6 is 0 Å². The van der Waals surface area contributed by atoms with E-state index in [1.807, 2.05) is 13.0 Å². The van der Waals surface area contributed by atoms with Crippen molar-refractivity contribution in [3.8, 4) is 0 Å². The average molecular weight is 320 g/mol. The van der Waals surface area contributed by atoms with Crippen molar-refractivity contribution in [2.75, 3.05) is 37.8 Å². The van der Waals surface area contributed by atoms with E-state index in [-0.39, 0.29) is 12.6 Å². The molecule has 1 saturated heterocycles. The highest BCUT2D eigenvalue weighted by atomic mass is 16.6. The average Bonchev–Trinajstić information content (AvgIpc) is 2.53. The molecule has 1 aliphatic rings. The molecule has 1 aromatic heterocycles. The van der Waals surface area contributed by atoms with Crippen LogP contribution in [0, 0.1) is 11.8 Å². The van der Waals surface area contributed by atoms with Gasteiger partial charge in [0, 0.05) is 25.9 Å². The summed E-state index contributed by atoms with van der Waals surface area (Å²) in [7, 11) is 0. The molecule has 1 aliphatic heterocycles. The van der Waals surface area contributed by atoms with E-state index in [9.17, 15) is 4.79 Å². The summed E-state index contributed by atoms with van der Waals surface area (Å²) in [5, 5.41) is 0. The van der Waals surface area contributed by atoms with Crippen LogP contribution in [-0.2, 0) is 9.47 Å². The van der Waals surface area contributed by atoms with Crippen LogP contribution in [0.4, 0.5) is 5.82 Å². The molecule has 0 amide bonds. The highest BCUT2D eigenvalue weighted by molar-refractivity contribution is 5.90. The lowest BCUT2D eigenvalue weighted by molar-refractivity contribution is 0.0318. The van der Waals surface area contributed by atoms with E-state index >= 15 is 0 Å². The van der Waals surface area contributed by atoms with Crippen molar-refractivity contribution in [3.05, 3.63) is 23.9 Å². The Labute approximate surface area is 139 Å². The molecular weight excluding hydrogens is 292 g/mol. The number of pyridine rings is 1. The molecule has 0 saturated carbocycles. The smallest absolute Gasteiger partial charge is 0.338 e. The van der Waals surface area contributed by atoms with Crippen molar-refractivity contribution >= 4 is 11.8 Å². The molecule has 128 valence electrons. The zero-order valence-corrected chi connectivity index (χ0v) is 14.5. The quantitative estimate of drug-likeness (QED) is 0.570. The number of piperidine rings is 1. The first-order valence-corrected chi connectivity index (χ1v) is 8.56. The number of rotatable bonds is 7. The summed E-state index contributed by atoms with van der Waals surface area (Å²) in [6, 6.07) is 3.54. The van der Waals surface area contributed by atoms with E-state index < -0.39 is 0 Å². The summed E-state index contributed by atoms with van der Waals surface area (Å²) in [6.45, 7) is 9.97. The van der Waals surface area contributed by atoms with Crippen LogP contribution in [0.25, 0.3) is 0 Å². The van der Waals surface area contributed by atoms with Crippen LogP contribution in [0.2, 0.25) is 0 Å². The Kier molecular flexibility index (Phi) is 6.84. The van der Waals surface area contributed by atoms with Crippen molar-refractivity contribution in [2.24, 2.45) is 11.8 Å². The first kappa shape index (κ1) is 17.7. The second kappa shape index (κ2) is 8.87. The summed E-state index contributed by atoms with van der Waals surface area (Å²) >= 11 is 0. The standard InChI is InChI=1S/C18H28N2O3/c1-4-7-22-8-9-23-18(21)16-5-6-19-17(11-16)20-12-14(2)10-15(3)13-20/h5-6,11,14-15H,4,7-10,12-13H2,1-3H3. The maximum Gasteiger partial charge on any atom is 0.338 e. The first-order chi connectivity index (χ1) is 11.1. The summed E-state index contributed by atoms with van der Waals surface area (Å²) in [6.07, 6.45) is 3.90. The van der Waals surface area contributed by atoms with Gasteiger partial charge in [-0.1, -0.05) is 20.8 Å². The Morgan fingerprint density at radius 1 is 1.26 bits per heavy atom. The first-order valence-electron chi connectivity index (χ1n) is 8.56. The third kappa shape index (κ3) is 5.50. The number of hydrogen-bond donors (Lipinski definition) is 0. The van der Waals surface area contributed by atoms with E-state index in [0.717, 1.165) is 25.3 Å². The molecule has 23 heavy (non-hydrogen) atoms. The van der Waals surface area contributed by atoms with Gasteiger partial charge < -0.3 is 14.4 Å². The third-order valence-corrected chi connectivity index (χ3v) is 3.98. The number of esters is 1. The minimum Gasteiger partial charge on any atom is -0.460 e. The molecule has 1 fully saturated rings. The van der Waals surface area contributed by atoms with Crippen molar-refractivity contribution in [3.63, 3.8) is 0 Å². The zero-order valence-electron chi connectivity index (χ0n) is 14.5. The molecule has 0 bridgehead atoms. The van der Waals surface area contributed by atoms with Crippen LogP contribution in [-0.4, -0.2) is 43.9 Å². The number of hydrogen-bond acceptors (Lipinski definition) is 5.